The first-order valence-corrected chi connectivity index (χ1v) is 16.6. The summed E-state index contributed by atoms with van der Waals surface area (Å²) in [6.45, 7) is -0.413. The van der Waals surface area contributed by atoms with Gasteiger partial charge in [0.25, 0.3) is 0 Å². The number of aromatic amines is 1. The molecular weight excluding hydrogens is 667 g/mol. The molecule has 2 heterocycles. The van der Waals surface area contributed by atoms with Gasteiger partial charge in [-0.25, -0.2) is 19.2 Å². The van der Waals surface area contributed by atoms with Crippen molar-refractivity contribution in [3.05, 3.63) is 159 Å². The number of benzene rings is 4. The highest BCUT2D eigenvalue weighted by molar-refractivity contribution is 7.98. The first kappa shape index (κ1) is 33.5. The van der Waals surface area contributed by atoms with E-state index in [0.29, 0.717) is 10.8 Å². The molecule has 0 bridgehead atoms. The van der Waals surface area contributed by atoms with E-state index >= 15 is 0 Å². The van der Waals surface area contributed by atoms with Crippen molar-refractivity contribution in [2.75, 3.05) is 6.61 Å². The van der Waals surface area contributed by atoms with Gasteiger partial charge in [-0.1, -0.05) is 109 Å². The molecule has 0 radical (unpaired) electrons. The number of nitrogens with one attached hydrogen (secondary N) is 1. The molecule has 1 N–H and O–H groups in total. The third-order valence-electron chi connectivity index (χ3n) is 7.46. The van der Waals surface area contributed by atoms with E-state index in [-0.39, 0.29) is 21.3 Å². The Morgan fingerprint density at radius 2 is 1.22 bits per heavy atom. The van der Waals surface area contributed by atoms with E-state index in [1.54, 1.807) is 91.0 Å². The van der Waals surface area contributed by atoms with Crippen LogP contribution in [0, 0.1) is 4.64 Å². The van der Waals surface area contributed by atoms with E-state index < -0.39 is 54.7 Å². The molecule has 1 aliphatic rings. The number of thioether (sulfide) groups is 1. The maximum atomic E-state index is 13.5. The summed E-state index contributed by atoms with van der Waals surface area (Å²) in [5, 5.41) is 4.83. The number of ether oxygens (including phenoxy) is 4. The van der Waals surface area contributed by atoms with E-state index in [2.05, 4.69) is 10.1 Å². The Hall–Kier alpha value is -5.37. The fraction of sp³-hybridized carbons (Fsp3) is 0.167. The largest absolute Gasteiger partial charge is 0.459 e. The van der Waals surface area contributed by atoms with Gasteiger partial charge in [0.05, 0.1) is 16.7 Å². The first-order chi connectivity index (χ1) is 23.9. The number of nitrogens with zero attached hydrogens (tertiary/aromatic N) is 2. The number of hydrogen-bond donors (Lipinski definition) is 1. The van der Waals surface area contributed by atoms with Crippen molar-refractivity contribution in [2.24, 2.45) is 0 Å². The average Bonchev–Trinajstić information content (AvgIpc) is 3.47. The van der Waals surface area contributed by atoms with Gasteiger partial charge < -0.3 is 18.9 Å². The summed E-state index contributed by atoms with van der Waals surface area (Å²) in [5.41, 5.74) is 0.963. The first-order valence-electron chi connectivity index (χ1n) is 15.2. The van der Waals surface area contributed by atoms with Gasteiger partial charge in [-0.2, -0.15) is 9.78 Å². The zero-order valence-electron chi connectivity index (χ0n) is 25.7. The Bertz CT molecular complexity index is 2030. The van der Waals surface area contributed by atoms with Crippen LogP contribution in [0.2, 0.25) is 0 Å². The lowest BCUT2D eigenvalue weighted by molar-refractivity contribution is -0.0706. The van der Waals surface area contributed by atoms with Crippen LogP contribution in [0.3, 0.4) is 0 Å². The average molecular weight is 696 g/mol. The van der Waals surface area contributed by atoms with Gasteiger partial charge in [0.15, 0.2) is 23.5 Å². The predicted octanol–water partition coefficient (Wildman–Crippen LogP) is 5.80. The minimum atomic E-state index is -1.42. The Balaban J connectivity index is 1.37. The summed E-state index contributed by atoms with van der Waals surface area (Å²) in [6.07, 6.45) is -5.36. The minimum Gasteiger partial charge on any atom is -0.459 e. The second-order valence-corrected chi connectivity index (χ2v) is 12.2. The number of carbonyl (C=O) groups excluding carboxylic acids is 3. The molecule has 13 heteroatoms. The van der Waals surface area contributed by atoms with Crippen LogP contribution in [0.5, 0.6) is 0 Å². The zero-order valence-corrected chi connectivity index (χ0v) is 27.4. The molecule has 4 unspecified atom stereocenters. The molecule has 248 valence electrons. The summed E-state index contributed by atoms with van der Waals surface area (Å²) in [4.78, 5) is 55.8. The summed E-state index contributed by atoms with van der Waals surface area (Å²) >= 11 is 6.71. The molecule has 1 aromatic heterocycles. The summed E-state index contributed by atoms with van der Waals surface area (Å²) in [7, 11) is 0. The fourth-order valence-electron chi connectivity index (χ4n) is 5.04. The van der Waals surface area contributed by atoms with Crippen molar-refractivity contribution in [1.29, 1.82) is 0 Å². The van der Waals surface area contributed by atoms with Crippen LogP contribution in [-0.2, 0) is 24.7 Å². The molecule has 1 fully saturated rings. The molecule has 6 rings (SSSR count). The Morgan fingerprint density at radius 3 is 1.78 bits per heavy atom. The van der Waals surface area contributed by atoms with Crippen LogP contribution < -0.4 is 5.69 Å². The molecule has 0 aliphatic carbocycles. The standard InChI is InChI=1S/C36H29N3O8S2/c40-33(24-15-7-2-8-16-24)44-21-27-28(46-34(41)25-17-9-3-10-18-25)29(47-35(42)26-19-11-4-12-20-26)32(45-27)39-36(43)37-30(48)31(38-39)49-22-23-13-5-1-6-14-23/h1-20,27-29,32H,21-22H2,(H,37,43,48). The number of carbonyl (C=O) groups is 3. The third kappa shape index (κ3) is 8.20. The molecule has 49 heavy (non-hydrogen) atoms. The van der Waals surface area contributed by atoms with Crippen molar-refractivity contribution >= 4 is 41.9 Å². The maximum absolute atomic E-state index is 13.5. The van der Waals surface area contributed by atoms with Crippen molar-refractivity contribution in [1.82, 2.24) is 14.8 Å². The zero-order chi connectivity index (χ0) is 34.2. The van der Waals surface area contributed by atoms with Gasteiger partial charge in [-0.15, -0.1) is 0 Å². The third-order valence-corrected chi connectivity index (χ3v) is 8.92. The van der Waals surface area contributed by atoms with E-state index in [4.69, 9.17) is 31.2 Å². The fourth-order valence-corrected chi connectivity index (χ4v) is 6.17. The van der Waals surface area contributed by atoms with E-state index in [0.717, 1.165) is 10.2 Å². The molecule has 4 atom stereocenters. The predicted molar refractivity (Wildman–Crippen MR) is 182 cm³/mol. The highest BCUT2D eigenvalue weighted by Crippen LogP contribution is 2.35. The van der Waals surface area contributed by atoms with Crippen molar-refractivity contribution in [3.63, 3.8) is 0 Å². The molecule has 0 amide bonds. The molecule has 1 aliphatic heterocycles. The lowest BCUT2D eigenvalue weighted by Gasteiger charge is -2.24. The summed E-state index contributed by atoms with van der Waals surface area (Å²) in [6, 6.07) is 34.3. The van der Waals surface area contributed by atoms with Gasteiger partial charge >= 0.3 is 23.6 Å². The topological polar surface area (TPSA) is 139 Å². The number of aromatic nitrogens is 3. The SMILES string of the molecule is O=C(OCC1OC(n2nc(SCc3ccccc3)c(=S)[nH]c2=O)C(OC(=O)c2ccccc2)C1OC(=O)c1ccccc1)c1ccccc1. The molecule has 0 spiro atoms. The van der Waals surface area contributed by atoms with Crippen LogP contribution in [0.15, 0.2) is 131 Å². The number of hydrogen-bond acceptors (Lipinski definition) is 11. The van der Waals surface area contributed by atoms with Crippen LogP contribution in [0.4, 0.5) is 0 Å². The highest BCUT2D eigenvalue weighted by Gasteiger charge is 2.52. The molecule has 4 aromatic carbocycles. The minimum absolute atomic E-state index is 0.110. The van der Waals surface area contributed by atoms with Gasteiger partial charge in [0, 0.05) is 5.75 Å². The van der Waals surface area contributed by atoms with Crippen molar-refractivity contribution in [2.45, 2.75) is 35.3 Å². The normalized spacial score (nSPS) is 18.4. The second kappa shape index (κ2) is 15.7. The maximum Gasteiger partial charge on any atom is 0.345 e. The lowest BCUT2D eigenvalue weighted by Crippen LogP contribution is -2.43. The molecule has 5 aromatic rings. The number of rotatable bonds is 11. The monoisotopic (exact) mass is 695 g/mol. The van der Waals surface area contributed by atoms with Crippen LogP contribution in [0.25, 0.3) is 0 Å². The Labute approximate surface area is 289 Å². The van der Waals surface area contributed by atoms with Gasteiger partial charge in [-0.3, -0.25) is 4.98 Å². The summed E-state index contributed by atoms with van der Waals surface area (Å²) < 4.78 is 24.8. The van der Waals surface area contributed by atoms with Gasteiger partial charge in [0.1, 0.15) is 17.4 Å². The highest BCUT2D eigenvalue weighted by atomic mass is 32.2. The molecule has 11 nitrogen and oxygen atoms in total. The van der Waals surface area contributed by atoms with Crippen molar-refractivity contribution < 1.29 is 33.3 Å². The van der Waals surface area contributed by atoms with Gasteiger partial charge in [0.2, 0.25) is 0 Å². The molecule has 1 saturated heterocycles. The van der Waals surface area contributed by atoms with Crippen molar-refractivity contribution in [3.8, 4) is 0 Å². The number of esters is 3. The van der Waals surface area contributed by atoms with E-state index in [9.17, 15) is 19.2 Å². The van der Waals surface area contributed by atoms with Gasteiger partial charge in [-0.05, 0) is 42.0 Å². The quantitative estimate of drug-likeness (QED) is 0.0777. The lowest BCUT2D eigenvalue weighted by atomic mass is 10.1. The smallest absolute Gasteiger partial charge is 0.345 e. The molecular formula is C36H29N3O8S2. The number of H-pyrrole nitrogens is 1. The van der Waals surface area contributed by atoms with E-state index in [1.807, 2.05) is 30.3 Å². The van der Waals surface area contributed by atoms with Crippen LogP contribution in [-0.4, -0.2) is 57.6 Å². The van der Waals surface area contributed by atoms with E-state index in [1.165, 1.54) is 11.8 Å². The second-order valence-electron chi connectivity index (χ2n) is 10.8. The molecule has 0 saturated carbocycles. The Morgan fingerprint density at radius 1 is 0.735 bits per heavy atom. The summed E-state index contributed by atoms with van der Waals surface area (Å²) in [5.74, 6) is -1.67. The Kier molecular flexibility index (Phi) is 10.7. The van der Waals surface area contributed by atoms with Crippen LogP contribution in [0.1, 0.15) is 42.9 Å². The van der Waals surface area contributed by atoms with Crippen LogP contribution >= 0.6 is 24.0 Å².